The van der Waals surface area contributed by atoms with Crippen molar-refractivity contribution in [2.24, 2.45) is 11.7 Å². The summed E-state index contributed by atoms with van der Waals surface area (Å²) in [6.07, 6.45) is 7.84. The monoisotopic (exact) mass is 179 g/mol. The molecule has 2 N–H and O–H groups in total. The average molecular weight is 179 g/mol. The van der Waals surface area contributed by atoms with Gasteiger partial charge < -0.3 is 5.73 Å². The number of aromatic nitrogens is 2. The van der Waals surface area contributed by atoms with Crippen molar-refractivity contribution in [3.8, 4) is 0 Å². The van der Waals surface area contributed by atoms with Crippen molar-refractivity contribution in [1.29, 1.82) is 0 Å². The molecule has 1 aliphatic rings. The zero-order chi connectivity index (χ0) is 9.26. The molecule has 0 amide bonds. The first kappa shape index (κ1) is 8.75. The maximum Gasteiger partial charge on any atom is 0.0537 e. The van der Waals surface area contributed by atoms with Gasteiger partial charge in [-0.3, -0.25) is 4.68 Å². The van der Waals surface area contributed by atoms with Crippen LogP contribution in [0.5, 0.6) is 0 Å². The summed E-state index contributed by atoms with van der Waals surface area (Å²) >= 11 is 0. The van der Waals surface area contributed by atoms with Gasteiger partial charge >= 0.3 is 0 Å². The Morgan fingerprint density at radius 3 is 3.00 bits per heavy atom. The van der Waals surface area contributed by atoms with E-state index >= 15 is 0 Å². The van der Waals surface area contributed by atoms with E-state index in [1.807, 2.05) is 10.9 Å². The minimum atomic E-state index is 0.202. The molecule has 0 radical (unpaired) electrons. The zero-order valence-electron chi connectivity index (χ0n) is 8.11. The molecule has 1 fully saturated rings. The minimum Gasteiger partial charge on any atom is -0.324 e. The summed E-state index contributed by atoms with van der Waals surface area (Å²) < 4.78 is 1.93. The third-order valence-corrected chi connectivity index (χ3v) is 2.69. The molecule has 72 valence electrons. The van der Waals surface area contributed by atoms with Gasteiger partial charge in [0.2, 0.25) is 0 Å². The van der Waals surface area contributed by atoms with Crippen molar-refractivity contribution in [2.75, 3.05) is 0 Å². The minimum absolute atomic E-state index is 0.202. The predicted octanol–water partition coefficient (Wildman–Crippen LogP) is 1.70. The SMILES string of the molecule is CCn1cc(C(N)CC2CC2)cn1. The Kier molecular flexibility index (Phi) is 2.36. The molecule has 1 atom stereocenters. The van der Waals surface area contributed by atoms with Crippen molar-refractivity contribution >= 4 is 0 Å². The lowest BCUT2D eigenvalue weighted by Crippen LogP contribution is -2.10. The normalized spacial score (nSPS) is 18.9. The molecule has 13 heavy (non-hydrogen) atoms. The summed E-state index contributed by atoms with van der Waals surface area (Å²) in [6.45, 7) is 3.01. The molecule has 3 heteroatoms. The van der Waals surface area contributed by atoms with Gasteiger partial charge in [-0.25, -0.2) is 0 Å². The smallest absolute Gasteiger partial charge is 0.0537 e. The molecular formula is C10H17N3. The number of nitrogens with zero attached hydrogens (tertiary/aromatic N) is 2. The summed E-state index contributed by atoms with van der Waals surface area (Å²) in [5, 5.41) is 4.22. The van der Waals surface area contributed by atoms with E-state index in [1.54, 1.807) is 0 Å². The van der Waals surface area contributed by atoms with Gasteiger partial charge in [-0.2, -0.15) is 5.10 Å². The van der Waals surface area contributed by atoms with Gasteiger partial charge in [-0.1, -0.05) is 12.8 Å². The maximum absolute atomic E-state index is 6.05. The summed E-state index contributed by atoms with van der Waals surface area (Å²) in [5.41, 5.74) is 7.24. The molecule has 1 aromatic rings. The fourth-order valence-corrected chi connectivity index (χ4v) is 1.59. The summed E-state index contributed by atoms with van der Waals surface area (Å²) in [6, 6.07) is 0.202. The summed E-state index contributed by atoms with van der Waals surface area (Å²) in [5.74, 6) is 0.889. The van der Waals surface area contributed by atoms with Gasteiger partial charge in [0.25, 0.3) is 0 Å². The molecular weight excluding hydrogens is 162 g/mol. The maximum atomic E-state index is 6.05. The predicted molar refractivity (Wildman–Crippen MR) is 52.2 cm³/mol. The lowest BCUT2D eigenvalue weighted by atomic mass is 10.1. The van der Waals surface area contributed by atoms with Crippen molar-refractivity contribution < 1.29 is 0 Å². The van der Waals surface area contributed by atoms with E-state index in [9.17, 15) is 0 Å². The van der Waals surface area contributed by atoms with Crippen molar-refractivity contribution in [1.82, 2.24) is 9.78 Å². The van der Waals surface area contributed by atoms with Gasteiger partial charge in [0.1, 0.15) is 0 Å². The van der Waals surface area contributed by atoms with Crippen molar-refractivity contribution in [2.45, 2.75) is 38.8 Å². The largest absolute Gasteiger partial charge is 0.324 e. The highest BCUT2D eigenvalue weighted by molar-refractivity contribution is 5.10. The first-order valence-corrected chi connectivity index (χ1v) is 5.07. The fraction of sp³-hybridized carbons (Fsp3) is 0.700. The molecule has 1 saturated carbocycles. The van der Waals surface area contributed by atoms with Gasteiger partial charge in [0.15, 0.2) is 0 Å². The van der Waals surface area contributed by atoms with E-state index in [0.29, 0.717) is 0 Å². The van der Waals surface area contributed by atoms with Crippen LogP contribution in [0.1, 0.15) is 37.8 Å². The molecule has 0 aliphatic heterocycles. The van der Waals surface area contributed by atoms with Crippen molar-refractivity contribution in [3.63, 3.8) is 0 Å². The van der Waals surface area contributed by atoms with Crippen LogP contribution in [0.15, 0.2) is 12.4 Å². The molecule has 0 aromatic carbocycles. The van der Waals surface area contributed by atoms with Crippen LogP contribution in [0.4, 0.5) is 0 Å². The van der Waals surface area contributed by atoms with E-state index in [2.05, 4.69) is 18.2 Å². The van der Waals surface area contributed by atoms with Crippen LogP contribution in [0, 0.1) is 5.92 Å². The van der Waals surface area contributed by atoms with Crippen LogP contribution in [0.25, 0.3) is 0 Å². The Morgan fingerprint density at radius 2 is 2.46 bits per heavy atom. The van der Waals surface area contributed by atoms with E-state index < -0.39 is 0 Å². The second-order valence-corrected chi connectivity index (χ2v) is 3.91. The quantitative estimate of drug-likeness (QED) is 0.764. The highest BCUT2D eigenvalue weighted by Crippen LogP contribution is 2.36. The fourth-order valence-electron chi connectivity index (χ4n) is 1.59. The summed E-state index contributed by atoms with van der Waals surface area (Å²) in [7, 11) is 0. The topological polar surface area (TPSA) is 43.8 Å². The molecule has 1 aromatic heterocycles. The second-order valence-electron chi connectivity index (χ2n) is 3.91. The van der Waals surface area contributed by atoms with Gasteiger partial charge in [-0.05, 0) is 19.3 Å². The number of hydrogen-bond acceptors (Lipinski definition) is 2. The van der Waals surface area contributed by atoms with Crippen molar-refractivity contribution in [3.05, 3.63) is 18.0 Å². The first-order chi connectivity index (χ1) is 6.29. The molecule has 1 aliphatic carbocycles. The third kappa shape index (κ3) is 2.10. The molecule has 2 rings (SSSR count). The van der Waals surface area contributed by atoms with Crippen LogP contribution in [0.2, 0.25) is 0 Å². The Hall–Kier alpha value is -0.830. The van der Waals surface area contributed by atoms with Gasteiger partial charge in [0.05, 0.1) is 6.20 Å². The standard InChI is InChI=1S/C10H17N3/c1-2-13-7-9(6-12-13)10(11)5-8-3-4-8/h6-8,10H,2-5,11H2,1H3. The van der Waals surface area contributed by atoms with Gasteiger partial charge in [-0.15, -0.1) is 0 Å². The number of nitrogens with two attached hydrogens (primary N) is 1. The number of hydrogen-bond donors (Lipinski definition) is 1. The molecule has 1 heterocycles. The zero-order valence-corrected chi connectivity index (χ0v) is 8.11. The Balaban J connectivity index is 1.96. The summed E-state index contributed by atoms with van der Waals surface area (Å²) in [4.78, 5) is 0. The van der Waals surface area contributed by atoms with Crippen LogP contribution in [-0.4, -0.2) is 9.78 Å². The third-order valence-electron chi connectivity index (χ3n) is 2.69. The number of rotatable bonds is 4. The Bertz CT molecular complexity index is 275. The Labute approximate surface area is 78.9 Å². The molecule has 0 bridgehead atoms. The Morgan fingerprint density at radius 1 is 1.69 bits per heavy atom. The van der Waals surface area contributed by atoms with Gasteiger partial charge in [0, 0.05) is 24.3 Å². The van der Waals surface area contributed by atoms with Crippen LogP contribution < -0.4 is 5.73 Å². The molecule has 0 saturated heterocycles. The van der Waals surface area contributed by atoms with Crippen LogP contribution in [0.3, 0.4) is 0 Å². The first-order valence-electron chi connectivity index (χ1n) is 5.07. The van der Waals surface area contributed by atoms with Crippen LogP contribution >= 0.6 is 0 Å². The second kappa shape index (κ2) is 3.50. The lowest BCUT2D eigenvalue weighted by Gasteiger charge is -2.06. The van der Waals surface area contributed by atoms with E-state index in [1.165, 1.54) is 18.4 Å². The molecule has 1 unspecified atom stereocenters. The average Bonchev–Trinajstić information content (AvgIpc) is 2.82. The molecule has 3 nitrogen and oxygen atoms in total. The number of aryl methyl sites for hydroxylation is 1. The lowest BCUT2D eigenvalue weighted by molar-refractivity contribution is 0.594. The van der Waals surface area contributed by atoms with Crippen LogP contribution in [-0.2, 0) is 6.54 Å². The van der Waals surface area contributed by atoms with E-state index in [-0.39, 0.29) is 6.04 Å². The van der Waals surface area contributed by atoms with E-state index in [0.717, 1.165) is 18.9 Å². The molecule has 0 spiro atoms. The highest BCUT2D eigenvalue weighted by atomic mass is 15.3. The van der Waals surface area contributed by atoms with E-state index in [4.69, 9.17) is 5.73 Å². The highest BCUT2D eigenvalue weighted by Gasteiger charge is 2.24.